The Morgan fingerprint density at radius 1 is 1.36 bits per heavy atom. The number of rotatable bonds is 3. The van der Waals surface area contributed by atoms with Gasteiger partial charge >= 0.3 is 0 Å². The van der Waals surface area contributed by atoms with Crippen molar-refractivity contribution in [2.45, 2.75) is 0 Å². The molecule has 0 saturated heterocycles. The van der Waals surface area contributed by atoms with Gasteiger partial charge in [-0.3, -0.25) is 16.2 Å². The third-order valence-electron chi connectivity index (χ3n) is 0.518. The maximum Gasteiger partial charge on any atom is 0.266 e. The van der Waals surface area contributed by atoms with Crippen LogP contribution in [0.1, 0.15) is 0 Å². The van der Waals surface area contributed by atoms with Crippen LogP contribution in [0, 0.1) is 0 Å². The van der Waals surface area contributed by atoms with Crippen molar-refractivity contribution in [2.24, 2.45) is 11.7 Å². The molecule has 0 aliphatic rings. The molecule has 6 nitrogen and oxygen atoms in total. The van der Waals surface area contributed by atoms with E-state index >= 15 is 0 Å². The molecular weight excluding hydrogens is 217 g/mol. The molecule has 0 aliphatic heterocycles. The van der Waals surface area contributed by atoms with Gasteiger partial charge < -0.3 is 0 Å². The maximum atomic E-state index is 9.95. The molecule has 11 heavy (non-hydrogen) atoms. The van der Waals surface area contributed by atoms with Crippen molar-refractivity contribution < 1.29 is 13.0 Å². The summed E-state index contributed by atoms with van der Waals surface area (Å²) >= 11 is 10.0. The van der Waals surface area contributed by atoms with Gasteiger partial charge in [-0.25, -0.2) is 0 Å². The van der Waals surface area contributed by atoms with E-state index in [1.807, 2.05) is 0 Å². The first-order valence-electron chi connectivity index (χ1n) is 2.29. The highest BCUT2D eigenvalue weighted by Gasteiger charge is 2.05. The van der Waals surface area contributed by atoms with Gasteiger partial charge in [0.2, 0.25) is 0 Å². The van der Waals surface area contributed by atoms with Crippen LogP contribution in [0.3, 0.4) is 0 Å². The molecule has 0 aromatic rings. The Hall–Kier alpha value is 0.370. The predicted octanol–water partition coefficient (Wildman–Crippen LogP) is -0.697. The van der Waals surface area contributed by atoms with Crippen molar-refractivity contribution in [3.8, 4) is 0 Å². The summed E-state index contributed by atoms with van der Waals surface area (Å²) in [6.07, 6.45) is 0. The minimum Gasteiger partial charge on any atom is -0.286 e. The molecule has 0 aromatic heterocycles. The zero-order valence-electron chi connectivity index (χ0n) is 5.44. The summed E-state index contributed by atoms with van der Waals surface area (Å²) in [7, 11) is -3.93. The molecule has 0 aliphatic carbocycles. The first-order valence-corrected chi connectivity index (χ1v) is 4.58. The monoisotopic (exact) mass is 225 g/mol. The van der Waals surface area contributed by atoms with Gasteiger partial charge in [-0.2, -0.15) is 8.42 Å². The average Bonchev–Trinajstić information content (AvgIpc) is 1.87. The summed E-state index contributed by atoms with van der Waals surface area (Å²) in [6.45, 7) is -0.109. The molecule has 0 fully saturated rings. The van der Waals surface area contributed by atoms with E-state index in [0.717, 1.165) is 0 Å². The van der Waals surface area contributed by atoms with E-state index in [-0.39, 0.29) is 6.54 Å². The van der Waals surface area contributed by atoms with E-state index in [1.165, 1.54) is 0 Å². The van der Waals surface area contributed by atoms with E-state index in [9.17, 15) is 8.42 Å². The zero-order chi connectivity index (χ0) is 9.49. The lowest BCUT2D eigenvalue weighted by Crippen LogP contribution is -2.14. The van der Waals surface area contributed by atoms with Crippen LogP contribution in [-0.4, -0.2) is 29.2 Å². The van der Waals surface area contributed by atoms with Crippen LogP contribution >= 0.6 is 23.6 Å². The fourth-order valence-corrected chi connectivity index (χ4v) is 0.967. The van der Waals surface area contributed by atoms with Crippen molar-refractivity contribution in [3.63, 3.8) is 0 Å². The van der Waals surface area contributed by atoms with Crippen molar-refractivity contribution in [1.82, 2.24) is 3.94 Å². The van der Waals surface area contributed by atoms with Crippen LogP contribution in [0.4, 0.5) is 0 Å². The second-order valence-corrected chi connectivity index (χ2v) is 3.87. The zero-order valence-corrected chi connectivity index (χ0v) is 7.77. The molecule has 0 amide bonds. The van der Waals surface area contributed by atoms with E-state index in [0.29, 0.717) is 3.94 Å². The molecule has 0 atom stereocenters. The topological polar surface area (TPSA) is 110 Å². The van der Waals surface area contributed by atoms with E-state index < -0.39 is 15.9 Å². The van der Waals surface area contributed by atoms with Gasteiger partial charge in [-0.15, -0.1) is 3.94 Å². The third kappa shape index (κ3) is 17.9. The molecule has 9 heteroatoms. The van der Waals surface area contributed by atoms with E-state index in [2.05, 4.69) is 11.7 Å². The lowest BCUT2D eigenvalue weighted by molar-refractivity contribution is 0.479. The molecule has 0 unspecified atom stereocenters. The highest BCUT2D eigenvalue weighted by atomic mass is 35.5. The summed E-state index contributed by atoms with van der Waals surface area (Å²) in [5, 5.41) is 0. The fraction of sp³-hybridized carbons (Fsp3) is 1.00. The highest BCUT2D eigenvalue weighted by Crippen LogP contribution is 1.97. The minimum atomic E-state index is -3.93. The van der Waals surface area contributed by atoms with Crippen LogP contribution in [0.15, 0.2) is 0 Å². The number of halogens is 2. The first kappa shape index (κ1) is 13.9. The number of nitrogens with two attached hydrogens (primary N) is 2. The number of hydrazine groups is 1. The largest absolute Gasteiger partial charge is 0.286 e. The molecular formula is C2H9Cl2N3O3S. The van der Waals surface area contributed by atoms with Gasteiger partial charge in [0.15, 0.2) is 0 Å². The van der Waals surface area contributed by atoms with Crippen LogP contribution in [0.2, 0.25) is 0 Å². The summed E-state index contributed by atoms with van der Waals surface area (Å²) in [6, 6.07) is 0. The second kappa shape index (κ2) is 7.04. The Morgan fingerprint density at radius 2 is 1.73 bits per heavy atom. The Balaban J connectivity index is 0. The average molecular weight is 226 g/mol. The SMILES string of the molecule is NN.O=S(=O)(O)CCN(Cl)Cl. The molecule has 5 N–H and O–H groups in total. The fourth-order valence-electron chi connectivity index (χ4n) is 0.184. The Kier molecular flexibility index (Phi) is 8.92. The van der Waals surface area contributed by atoms with Gasteiger partial charge in [-0.1, -0.05) is 0 Å². The van der Waals surface area contributed by atoms with Crippen LogP contribution in [0.25, 0.3) is 0 Å². The molecule has 0 bridgehead atoms. The molecule has 0 rings (SSSR count). The van der Waals surface area contributed by atoms with E-state index in [4.69, 9.17) is 28.1 Å². The smallest absolute Gasteiger partial charge is 0.266 e. The maximum absolute atomic E-state index is 9.95. The Morgan fingerprint density at radius 3 is 1.82 bits per heavy atom. The molecule has 0 aromatic carbocycles. The lowest BCUT2D eigenvalue weighted by Gasteiger charge is -1.99. The Bertz CT molecular complexity index is 169. The summed E-state index contributed by atoms with van der Waals surface area (Å²) in [4.78, 5) is 0. The van der Waals surface area contributed by atoms with Crippen LogP contribution in [-0.2, 0) is 10.1 Å². The molecule has 0 heterocycles. The summed E-state index contributed by atoms with van der Waals surface area (Å²) in [5.74, 6) is 7.54. The molecule has 70 valence electrons. The minimum absolute atomic E-state index is 0.109. The van der Waals surface area contributed by atoms with E-state index in [1.54, 1.807) is 0 Å². The normalized spacial score (nSPS) is 10.7. The van der Waals surface area contributed by atoms with Gasteiger partial charge in [0, 0.05) is 6.54 Å². The van der Waals surface area contributed by atoms with Gasteiger partial charge in [0.25, 0.3) is 10.1 Å². The molecule has 0 saturated carbocycles. The lowest BCUT2D eigenvalue weighted by atomic mass is 10.8. The van der Waals surface area contributed by atoms with Crippen molar-refractivity contribution in [2.75, 3.05) is 12.3 Å². The Labute approximate surface area is 75.0 Å². The first-order chi connectivity index (χ1) is 4.92. The predicted molar refractivity (Wildman–Crippen MR) is 43.2 cm³/mol. The van der Waals surface area contributed by atoms with Gasteiger partial charge in [-0.05, 0) is 23.6 Å². The molecule has 0 radical (unpaired) electrons. The highest BCUT2D eigenvalue weighted by molar-refractivity contribution is 7.85. The van der Waals surface area contributed by atoms with Crippen molar-refractivity contribution in [3.05, 3.63) is 0 Å². The number of hydrogen-bond donors (Lipinski definition) is 3. The third-order valence-corrected chi connectivity index (χ3v) is 1.55. The summed E-state index contributed by atoms with van der Waals surface area (Å²) in [5.41, 5.74) is 0. The summed E-state index contributed by atoms with van der Waals surface area (Å²) < 4.78 is 28.6. The number of nitrogens with zero attached hydrogens (tertiary/aromatic N) is 1. The van der Waals surface area contributed by atoms with Crippen molar-refractivity contribution >= 4 is 33.7 Å². The molecule has 0 spiro atoms. The van der Waals surface area contributed by atoms with Crippen molar-refractivity contribution in [1.29, 1.82) is 0 Å². The number of hydrogen-bond acceptors (Lipinski definition) is 5. The second-order valence-electron chi connectivity index (χ2n) is 1.31. The van der Waals surface area contributed by atoms with Gasteiger partial charge in [0.05, 0.1) is 5.75 Å². The quantitative estimate of drug-likeness (QED) is 0.254. The van der Waals surface area contributed by atoms with Crippen LogP contribution in [0.5, 0.6) is 0 Å². The van der Waals surface area contributed by atoms with Gasteiger partial charge in [0.1, 0.15) is 0 Å². The van der Waals surface area contributed by atoms with Crippen LogP contribution < -0.4 is 11.7 Å². The standard InChI is InChI=1S/C2H5Cl2NO3S.H4N2/c3-5(4)1-2-9(6,7)8;1-2/h1-2H2,(H,6,7,8);1-2H2.